The van der Waals surface area contributed by atoms with Crippen molar-refractivity contribution in [1.82, 2.24) is 10.3 Å². The molecule has 1 N–H and O–H groups in total. The molecule has 2 heterocycles. The maximum Gasteiger partial charge on any atom is 0.257 e. The van der Waals surface area contributed by atoms with E-state index in [0.29, 0.717) is 24.7 Å². The Balaban J connectivity index is 1.64. The SMILES string of the molecule is CCOc1ccc(F)cc1S(=O)N(C)c1cnc2c(c1)C(=O)NC1(CC1)CO2. The van der Waals surface area contributed by atoms with Gasteiger partial charge >= 0.3 is 0 Å². The number of halogens is 1. The molecule has 1 spiro atoms. The van der Waals surface area contributed by atoms with E-state index in [1.54, 1.807) is 20.0 Å². The highest BCUT2D eigenvalue weighted by Gasteiger charge is 2.47. The summed E-state index contributed by atoms with van der Waals surface area (Å²) in [5.41, 5.74) is 0.435. The fourth-order valence-corrected chi connectivity index (χ4v) is 4.10. The van der Waals surface area contributed by atoms with Crippen molar-refractivity contribution in [2.75, 3.05) is 24.6 Å². The molecule has 0 saturated heterocycles. The summed E-state index contributed by atoms with van der Waals surface area (Å²) in [6.07, 6.45) is 3.24. The lowest BCUT2D eigenvalue weighted by Crippen LogP contribution is -2.38. The van der Waals surface area contributed by atoms with E-state index in [1.807, 2.05) is 0 Å². The Hall–Kier alpha value is -2.68. The fraction of sp³-hybridized carbons (Fsp3) is 0.368. The smallest absolute Gasteiger partial charge is 0.257 e. The number of carbonyl (C=O) groups is 1. The Morgan fingerprint density at radius 1 is 1.39 bits per heavy atom. The first kappa shape index (κ1) is 18.7. The number of aromatic nitrogens is 1. The summed E-state index contributed by atoms with van der Waals surface area (Å²) in [6, 6.07) is 5.47. The average Bonchev–Trinajstić information content (AvgIpc) is 3.47. The summed E-state index contributed by atoms with van der Waals surface area (Å²) < 4.78 is 39.3. The molecule has 1 unspecified atom stereocenters. The molecule has 1 fully saturated rings. The number of anilines is 1. The Kier molecular flexibility index (Phi) is 4.70. The molecule has 1 atom stereocenters. The molecule has 1 saturated carbocycles. The Labute approximate surface area is 164 Å². The van der Waals surface area contributed by atoms with Crippen LogP contribution < -0.4 is 19.1 Å². The topological polar surface area (TPSA) is 80.8 Å². The van der Waals surface area contributed by atoms with Crippen LogP contribution in [0.15, 0.2) is 35.4 Å². The first-order valence-corrected chi connectivity index (χ1v) is 10.1. The molecular weight excluding hydrogens is 385 g/mol. The van der Waals surface area contributed by atoms with Crippen LogP contribution in [-0.2, 0) is 11.0 Å². The maximum atomic E-state index is 13.7. The van der Waals surface area contributed by atoms with Gasteiger partial charge in [-0.15, -0.1) is 0 Å². The van der Waals surface area contributed by atoms with Gasteiger partial charge in [-0.3, -0.25) is 9.10 Å². The Morgan fingerprint density at radius 2 is 2.18 bits per heavy atom. The monoisotopic (exact) mass is 405 g/mol. The average molecular weight is 405 g/mol. The van der Waals surface area contributed by atoms with Crippen LogP contribution in [0.2, 0.25) is 0 Å². The number of nitrogens with zero attached hydrogens (tertiary/aromatic N) is 2. The summed E-state index contributed by atoms with van der Waals surface area (Å²) in [7, 11) is -0.185. The first-order chi connectivity index (χ1) is 13.4. The standard InChI is InChI=1S/C19H20FN3O4S/c1-3-26-15-5-4-12(20)8-16(15)28(25)23(2)13-9-14-17(24)22-19(6-7-19)11-27-18(14)21-10-13/h4-5,8-10H,3,6-7,11H2,1-2H3,(H,22,24). The van der Waals surface area contributed by atoms with E-state index < -0.39 is 16.8 Å². The predicted molar refractivity (Wildman–Crippen MR) is 102 cm³/mol. The van der Waals surface area contributed by atoms with Crippen molar-refractivity contribution < 1.29 is 22.9 Å². The third-order valence-corrected chi connectivity index (χ3v) is 6.21. The number of benzene rings is 1. The normalized spacial score (nSPS) is 17.8. The van der Waals surface area contributed by atoms with Crippen LogP contribution >= 0.6 is 0 Å². The number of amides is 1. The largest absolute Gasteiger partial charge is 0.493 e. The highest BCUT2D eigenvalue weighted by atomic mass is 32.2. The second kappa shape index (κ2) is 7.05. The number of hydrogen-bond acceptors (Lipinski definition) is 5. The van der Waals surface area contributed by atoms with Crippen LogP contribution in [-0.4, -0.2) is 40.9 Å². The van der Waals surface area contributed by atoms with Gasteiger partial charge in [0.15, 0.2) is 11.0 Å². The lowest BCUT2D eigenvalue weighted by molar-refractivity contribution is 0.0932. The highest BCUT2D eigenvalue weighted by molar-refractivity contribution is 7.86. The van der Waals surface area contributed by atoms with E-state index in [9.17, 15) is 13.4 Å². The van der Waals surface area contributed by atoms with E-state index in [1.165, 1.54) is 28.7 Å². The molecule has 0 radical (unpaired) electrons. The lowest BCUT2D eigenvalue weighted by Gasteiger charge is -2.20. The van der Waals surface area contributed by atoms with Crippen molar-refractivity contribution in [2.45, 2.75) is 30.2 Å². The zero-order valence-electron chi connectivity index (χ0n) is 15.5. The van der Waals surface area contributed by atoms with E-state index in [-0.39, 0.29) is 27.8 Å². The number of pyridine rings is 1. The molecule has 0 bridgehead atoms. The van der Waals surface area contributed by atoms with Crippen molar-refractivity contribution in [1.29, 1.82) is 0 Å². The van der Waals surface area contributed by atoms with Crippen molar-refractivity contribution >= 4 is 22.6 Å². The van der Waals surface area contributed by atoms with Gasteiger partial charge in [0.05, 0.1) is 24.0 Å². The van der Waals surface area contributed by atoms with Gasteiger partial charge in [0.25, 0.3) is 5.91 Å². The second-order valence-electron chi connectivity index (χ2n) is 6.84. The Bertz CT molecular complexity index is 964. The zero-order valence-corrected chi connectivity index (χ0v) is 16.3. The summed E-state index contributed by atoms with van der Waals surface area (Å²) in [6.45, 7) is 2.54. The first-order valence-electron chi connectivity index (χ1n) is 8.96. The zero-order chi connectivity index (χ0) is 19.9. The number of carbonyl (C=O) groups excluding carboxylic acids is 1. The van der Waals surface area contributed by atoms with E-state index in [4.69, 9.17) is 9.47 Å². The summed E-state index contributed by atoms with van der Waals surface area (Å²) in [5, 5.41) is 2.98. The van der Waals surface area contributed by atoms with Gasteiger partial charge in [0.2, 0.25) is 5.88 Å². The van der Waals surface area contributed by atoms with E-state index >= 15 is 0 Å². The van der Waals surface area contributed by atoms with Gasteiger partial charge < -0.3 is 14.8 Å². The number of hydrogen-bond donors (Lipinski definition) is 1. The minimum atomic E-state index is -1.77. The summed E-state index contributed by atoms with van der Waals surface area (Å²) in [4.78, 5) is 17.0. The predicted octanol–water partition coefficient (Wildman–Crippen LogP) is 2.43. The maximum absolute atomic E-state index is 13.7. The minimum absolute atomic E-state index is 0.205. The van der Waals surface area contributed by atoms with Crippen molar-refractivity contribution in [2.24, 2.45) is 0 Å². The second-order valence-corrected chi connectivity index (χ2v) is 8.33. The number of rotatable bonds is 5. The lowest BCUT2D eigenvalue weighted by atomic mass is 10.2. The molecule has 148 valence electrons. The Morgan fingerprint density at radius 3 is 2.89 bits per heavy atom. The molecule has 1 aromatic carbocycles. The number of ether oxygens (including phenoxy) is 2. The van der Waals surface area contributed by atoms with Gasteiger partial charge in [0, 0.05) is 7.05 Å². The summed E-state index contributed by atoms with van der Waals surface area (Å²) in [5.74, 6) is -0.180. The molecule has 7 nitrogen and oxygen atoms in total. The van der Waals surface area contributed by atoms with Crippen molar-refractivity contribution in [3.63, 3.8) is 0 Å². The van der Waals surface area contributed by atoms with E-state index in [2.05, 4.69) is 10.3 Å². The molecule has 1 aliphatic carbocycles. The van der Waals surface area contributed by atoms with Crippen LogP contribution in [0.25, 0.3) is 0 Å². The minimum Gasteiger partial charge on any atom is -0.493 e. The molecule has 9 heteroatoms. The quantitative estimate of drug-likeness (QED) is 0.826. The third kappa shape index (κ3) is 3.42. The van der Waals surface area contributed by atoms with Crippen LogP contribution in [0.3, 0.4) is 0 Å². The molecule has 28 heavy (non-hydrogen) atoms. The van der Waals surface area contributed by atoms with Gasteiger partial charge in [-0.25, -0.2) is 13.6 Å². The van der Waals surface area contributed by atoms with Crippen LogP contribution in [0, 0.1) is 5.82 Å². The van der Waals surface area contributed by atoms with Gasteiger partial charge in [-0.2, -0.15) is 0 Å². The molecule has 1 aromatic heterocycles. The van der Waals surface area contributed by atoms with Gasteiger partial charge in [-0.05, 0) is 44.0 Å². The van der Waals surface area contributed by atoms with E-state index in [0.717, 1.165) is 12.8 Å². The van der Waals surface area contributed by atoms with Crippen molar-refractivity contribution in [3.8, 4) is 11.6 Å². The van der Waals surface area contributed by atoms with Crippen LogP contribution in [0.5, 0.6) is 11.6 Å². The highest BCUT2D eigenvalue weighted by Crippen LogP contribution is 2.39. The number of nitrogens with one attached hydrogen (secondary N) is 1. The summed E-state index contributed by atoms with van der Waals surface area (Å²) >= 11 is 0. The molecular formula is C19H20FN3O4S. The number of fused-ring (bicyclic) bond motifs is 1. The molecule has 2 aromatic rings. The van der Waals surface area contributed by atoms with Crippen LogP contribution in [0.1, 0.15) is 30.1 Å². The molecule has 1 amide bonds. The molecule has 4 rings (SSSR count). The molecule has 1 aliphatic heterocycles. The van der Waals surface area contributed by atoms with Gasteiger partial charge in [-0.1, -0.05) is 0 Å². The van der Waals surface area contributed by atoms with Crippen molar-refractivity contribution in [3.05, 3.63) is 41.8 Å². The third-order valence-electron chi connectivity index (χ3n) is 4.80. The van der Waals surface area contributed by atoms with Gasteiger partial charge in [0.1, 0.15) is 28.6 Å². The van der Waals surface area contributed by atoms with Crippen LogP contribution in [0.4, 0.5) is 10.1 Å². The fourth-order valence-electron chi connectivity index (χ4n) is 3.00. The molecule has 2 aliphatic rings.